The Morgan fingerprint density at radius 3 is 2.64 bits per heavy atom. The first-order valence-corrected chi connectivity index (χ1v) is 4.93. The highest BCUT2D eigenvalue weighted by Crippen LogP contribution is 2.12. The molecular formula is C10H15N3S. The van der Waals surface area contributed by atoms with Crippen molar-refractivity contribution in [2.24, 2.45) is 5.73 Å². The van der Waals surface area contributed by atoms with Crippen LogP contribution < -0.4 is 10.6 Å². The number of aromatic nitrogens is 1. The molecule has 1 heterocycles. The topological polar surface area (TPSA) is 42.1 Å². The molecule has 4 heteroatoms. The van der Waals surface area contributed by atoms with Crippen molar-refractivity contribution in [3.63, 3.8) is 0 Å². The molecule has 0 radical (unpaired) electrons. The van der Waals surface area contributed by atoms with Crippen molar-refractivity contribution in [2.45, 2.75) is 19.9 Å². The minimum absolute atomic E-state index is 0.337. The third kappa shape index (κ3) is 2.42. The molecule has 76 valence electrons. The molecule has 0 bridgehead atoms. The Kier molecular flexibility index (Phi) is 3.41. The van der Waals surface area contributed by atoms with E-state index in [2.05, 4.69) is 23.7 Å². The van der Waals surface area contributed by atoms with Crippen molar-refractivity contribution in [1.29, 1.82) is 0 Å². The standard InChI is InChI=1S/C10H15N3S/c1-7(2)13(3)9-6-4-5-8(12-9)10(11)14/h4-7H,1-3H3,(H2,11,14). The number of anilines is 1. The molecule has 1 aromatic heterocycles. The summed E-state index contributed by atoms with van der Waals surface area (Å²) in [6.45, 7) is 4.21. The lowest BCUT2D eigenvalue weighted by molar-refractivity contribution is 0.743. The van der Waals surface area contributed by atoms with E-state index in [1.165, 1.54) is 0 Å². The van der Waals surface area contributed by atoms with E-state index in [9.17, 15) is 0 Å². The quantitative estimate of drug-likeness (QED) is 0.767. The summed E-state index contributed by atoms with van der Waals surface area (Å²) in [7, 11) is 2.00. The van der Waals surface area contributed by atoms with Crippen LogP contribution in [0.15, 0.2) is 18.2 Å². The van der Waals surface area contributed by atoms with Crippen LogP contribution in [-0.4, -0.2) is 23.1 Å². The van der Waals surface area contributed by atoms with Gasteiger partial charge in [0.2, 0.25) is 0 Å². The molecule has 0 unspecified atom stereocenters. The molecule has 0 aromatic carbocycles. The van der Waals surface area contributed by atoms with Crippen molar-refractivity contribution < 1.29 is 0 Å². The van der Waals surface area contributed by atoms with Gasteiger partial charge in [0.15, 0.2) is 0 Å². The van der Waals surface area contributed by atoms with Gasteiger partial charge in [0, 0.05) is 13.1 Å². The summed E-state index contributed by atoms with van der Waals surface area (Å²) in [5.41, 5.74) is 6.18. The Hall–Kier alpha value is -1.16. The van der Waals surface area contributed by atoms with Crippen LogP contribution in [0.1, 0.15) is 19.5 Å². The molecule has 0 spiro atoms. The number of thiocarbonyl (C=S) groups is 1. The summed E-state index contributed by atoms with van der Waals surface area (Å²) in [5.74, 6) is 0.894. The van der Waals surface area contributed by atoms with E-state index in [0.29, 0.717) is 16.7 Å². The Balaban J connectivity index is 2.99. The molecule has 0 saturated heterocycles. The molecular weight excluding hydrogens is 194 g/mol. The normalized spacial score (nSPS) is 10.3. The summed E-state index contributed by atoms with van der Waals surface area (Å²) in [5, 5.41) is 0. The highest BCUT2D eigenvalue weighted by Gasteiger charge is 2.07. The predicted octanol–water partition coefficient (Wildman–Crippen LogP) is 1.56. The molecule has 1 aromatic rings. The number of nitrogens with two attached hydrogens (primary N) is 1. The summed E-state index contributed by atoms with van der Waals surface area (Å²) in [6, 6.07) is 6.08. The van der Waals surface area contributed by atoms with Crippen LogP contribution in [0.2, 0.25) is 0 Å². The number of hydrogen-bond acceptors (Lipinski definition) is 3. The largest absolute Gasteiger partial charge is 0.388 e. The minimum Gasteiger partial charge on any atom is -0.388 e. The fraction of sp³-hybridized carbons (Fsp3) is 0.400. The maximum absolute atomic E-state index is 5.51. The van der Waals surface area contributed by atoms with Crippen LogP contribution in [-0.2, 0) is 0 Å². The van der Waals surface area contributed by atoms with Crippen LogP contribution >= 0.6 is 12.2 Å². The molecule has 0 saturated carbocycles. The van der Waals surface area contributed by atoms with Gasteiger partial charge in [-0.05, 0) is 26.0 Å². The lowest BCUT2D eigenvalue weighted by atomic mass is 10.3. The average molecular weight is 209 g/mol. The van der Waals surface area contributed by atoms with Crippen LogP contribution in [0.25, 0.3) is 0 Å². The van der Waals surface area contributed by atoms with Gasteiger partial charge in [-0.1, -0.05) is 18.3 Å². The third-order valence-electron chi connectivity index (χ3n) is 2.12. The molecule has 14 heavy (non-hydrogen) atoms. The van der Waals surface area contributed by atoms with Gasteiger partial charge >= 0.3 is 0 Å². The monoisotopic (exact) mass is 209 g/mol. The van der Waals surface area contributed by atoms with Crippen molar-refractivity contribution in [1.82, 2.24) is 4.98 Å². The fourth-order valence-electron chi connectivity index (χ4n) is 1.02. The Morgan fingerprint density at radius 1 is 1.50 bits per heavy atom. The van der Waals surface area contributed by atoms with E-state index in [1.54, 1.807) is 0 Å². The van der Waals surface area contributed by atoms with Gasteiger partial charge in [0.1, 0.15) is 10.8 Å². The Bertz CT molecular complexity index is 336. The Labute approximate surface area is 89.9 Å². The molecule has 0 amide bonds. The second-order valence-electron chi connectivity index (χ2n) is 3.45. The maximum atomic E-state index is 5.51. The zero-order valence-corrected chi connectivity index (χ0v) is 9.51. The van der Waals surface area contributed by atoms with E-state index in [0.717, 1.165) is 5.82 Å². The van der Waals surface area contributed by atoms with Gasteiger partial charge in [0.05, 0.1) is 5.69 Å². The lowest BCUT2D eigenvalue weighted by Gasteiger charge is -2.22. The fourth-order valence-corrected chi connectivity index (χ4v) is 1.14. The first-order valence-electron chi connectivity index (χ1n) is 4.52. The van der Waals surface area contributed by atoms with E-state index >= 15 is 0 Å². The Morgan fingerprint density at radius 2 is 2.14 bits per heavy atom. The molecule has 3 nitrogen and oxygen atoms in total. The summed E-state index contributed by atoms with van der Waals surface area (Å²) in [6.07, 6.45) is 0. The van der Waals surface area contributed by atoms with Crippen molar-refractivity contribution in [3.05, 3.63) is 23.9 Å². The second-order valence-corrected chi connectivity index (χ2v) is 3.89. The van der Waals surface area contributed by atoms with E-state index in [-0.39, 0.29) is 0 Å². The van der Waals surface area contributed by atoms with Crippen LogP contribution in [0.4, 0.5) is 5.82 Å². The number of rotatable bonds is 3. The first-order chi connectivity index (χ1) is 6.52. The zero-order chi connectivity index (χ0) is 10.7. The summed E-state index contributed by atoms with van der Waals surface area (Å²) >= 11 is 4.87. The van der Waals surface area contributed by atoms with E-state index in [1.807, 2.05) is 25.2 Å². The third-order valence-corrected chi connectivity index (χ3v) is 2.33. The van der Waals surface area contributed by atoms with Crippen LogP contribution in [0.5, 0.6) is 0 Å². The summed E-state index contributed by atoms with van der Waals surface area (Å²) < 4.78 is 0. The maximum Gasteiger partial charge on any atom is 0.129 e. The minimum atomic E-state index is 0.337. The average Bonchev–Trinajstić information content (AvgIpc) is 2.16. The zero-order valence-electron chi connectivity index (χ0n) is 8.69. The van der Waals surface area contributed by atoms with Gasteiger partial charge < -0.3 is 10.6 Å². The number of nitrogens with zero attached hydrogens (tertiary/aromatic N) is 2. The van der Waals surface area contributed by atoms with Crippen molar-refractivity contribution in [2.75, 3.05) is 11.9 Å². The number of hydrogen-bond donors (Lipinski definition) is 1. The lowest BCUT2D eigenvalue weighted by Crippen LogP contribution is -2.27. The van der Waals surface area contributed by atoms with Crippen LogP contribution in [0, 0.1) is 0 Å². The van der Waals surface area contributed by atoms with Gasteiger partial charge in [-0.3, -0.25) is 0 Å². The van der Waals surface area contributed by atoms with E-state index < -0.39 is 0 Å². The predicted molar refractivity (Wildman–Crippen MR) is 63.7 cm³/mol. The molecule has 0 aliphatic rings. The SMILES string of the molecule is CC(C)N(C)c1cccc(C(N)=S)n1. The van der Waals surface area contributed by atoms with Gasteiger partial charge in [-0.25, -0.2) is 4.98 Å². The van der Waals surface area contributed by atoms with Gasteiger partial charge in [-0.2, -0.15) is 0 Å². The first kappa shape index (κ1) is 10.9. The second kappa shape index (κ2) is 4.37. The highest BCUT2D eigenvalue weighted by molar-refractivity contribution is 7.80. The van der Waals surface area contributed by atoms with Crippen LogP contribution in [0.3, 0.4) is 0 Å². The molecule has 0 atom stereocenters. The molecule has 0 fully saturated rings. The van der Waals surface area contributed by atoms with E-state index in [4.69, 9.17) is 18.0 Å². The summed E-state index contributed by atoms with van der Waals surface area (Å²) in [4.78, 5) is 6.76. The molecule has 2 N–H and O–H groups in total. The van der Waals surface area contributed by atoms with Crippen molar-refractivity contribution >= 4 is 23.0 Å². The molecule has 0 aliphatic carbocycles. The molecule has 1 rings (SSSR count). The van der Waals surface area contributed by atoms with Gasteiger partial charge in [-0.15, -0.1) is 0 Å². The number of pyridine rings is 1. The smallest absolute Gasteiger partial charge is 0.129 e. The molecule has 0 aliphatic heterocycles. The highest BCUT2D eigenvalue weighted by atomic mass is 32.1. The van der Waals surface area contributed by atoms with Crippen molar-refractivity contribution in [3.8, 4) is 0 Å². The van der Waals surface area contributed by atoms with Gasteiger partial charge in [0.25, 0.3) is 0 Å².